The summed E-state index contributed by atoms with van der Waals surface area (Å²) in [6.45, 7) is 0. The molecule has 0 amide bonds. The Labute approximate surface area is 177 Å². The van der Waals surface area contributed by atoms with Gasteiger partial charge in [-0.25, -0.2) is 9.78 Å². The SMILES string of the molecule is O=C(O)c1cc(SCc2csc(Nc3ccc(C4CCCCC4)cc3)n2)cs1. The van der Waals surface area contributed by atoms with E-state index in [0.29, 0.717) is 4.88 Å². The maximum atomic E-state index is 11.0. The summed E-state index contributed by atoms with van der Waals surface area (Å²) in [6, 6.07) is 10.5. The molecule has 0 bridgehead atoms. The predicted molar refractivity (Wildman–Crippen MR) is 119 cm³/mol. The van der Waals surface area contributed by atoms with Crippen molar-refractivity contribution in [2.24, 2.45) is 0 Å². The molecule has 7 heteroatoms. The van der Waals surface area contributed by atoms with Crippen molar-refractivity contribution in [2.75, 3.05) is 5.32 Å². The van der Waals surface area contributed by atoms with Gasteiger partial charge in [-0.2, -0.15) is 0 Å². The van der Waals surface area contributed by atoms with Crippen molar-refractivity contribution < 1.29 is 9.90 Å². The fraction of sp³-hybridized carbons (Fsp3) is 0.333. The molecule has 0 spiro atoms. The van der Waals surface area contributed by atoms with E-state index in [0.717, 1.165) is 33.1 Å². The van der Waals surface area contributed by atoms with Crippen LogP contribution in [0.4, 0.5) is 10.8 Å². The number of carboxylic acid groups (broad SMARTS) is 1. The van der Waals surface area contributed by atoms with Crippen molar-refractivity contribution in [1.29, 1.82) is 0 Å². The second-order valence-corrected chi connectivity index (χ2v) is 9.78. The van der Waals surface area contributed by atoms with Gasteiger partial charge in [0.05, 0.1) is 5.69 Å². The molecule has 0 atom stereocenters. The van der Waals surface area contributed by atoms with Crippen LogP contribution < -0.4 is 5.32 Å². The summed E-state index contributed by atoms with van der Waals surface area (Å²) >= 11 is 4.47. The Bertz CT molecular complexity index is 927. The Morgan fingerprint density at radius 3 is 2.64 bits per heavy atom. The third-order valence-corrected chi connectivity index (χ3v) is 7.85. The first-order chi connectivity index (χ1) is 13.7. The van der Waals surface area contributed by atoms with Gasteiger partial charge in [-0.1, -0.05) is 31.4 Å². The monoisotopic (exact) mass is 430 g/mol. The summed E-state index contributed by atoms with van der Waals surface area (Å²) in [5.74, 6) is 0.589. The van der Waals surface area contributed by atoms with Gasteiger partial charge in [-0.3, -0.25) is 0 Å². The third kappa shape index (κ3) is 4.96. The number of nitrogens with zero attached hydrogens (tertiary/aromatic N) is 1. The Morgan fingerprint density at radius 2 is 1.93 bits per heavy atom. The van der Waals surface area contributed by atoms with E-state index in [4.69, 9.17) is 5.11 Å². The molecule has 1 saturated carbocycles. The minimum atomic E-state index is -0.869. The van der Waals surface area contributed by atoms with E-state index in [9.17, 15) is 4.79 Å². The van der Waals surface area contributed by atoms with Gasteiger partial charge >= 0.3 is 5.97 Å². The van der Waals surface area contributed by atoms with Crippen LogP contribution in [0.25, 0.3) is 0 Å². The molecule has 2 heterocycles. The van der Waals surface area contributed by atoms with Crippen LogP contribution in [-0.2, 0) is 5.75 Å². The molecule has 0 radical (unpaired) electrons. The van der Waals surface area contributed by atoms with E-state index < -0.39 is 5.97 Å². The number of thiazole rings is 1. The van der Waals surface area contributed by atoms with Crippen molar-refractivity contribution in [3.05, 3.63) is 57.2 Å². The van der Waals surface area contributed by atoms with Crippen molar-refractivity contribution in [3.63, 3.8) is 0 Å². The second-order valence-electron chi connectivity index (χ2n) is 6.97. The Morgan fingerprint density at radius 1 is 1.14 bits per heavy atom. The molecule has 1 aliphatic rings. The lowest BCUT2D eigenvalue weighted by atomic mass is 9.84. The first-order valence-electron chi connectivity index (χ1n) is 9.43. The maximum absolute atomic E-state index is 11.0. The number of aromatic carboxylic acids is 1. The highest BCUT2D eigenvalue weighted by atomic mass is 32.2. The van der Waals surface area contributed by atoms with Crippen LogP contribution in [0.5, 0.6) is 0 Å². The van der Waals surface area contributed by atoms with E-state index in [-0.39, 0.29) is 0 Å². The number of thiophene rings is 1. The molecule has 3 aromatic rings. The molecule has 0 saturated heterocycles. The smallest absolute Gasteiger partial charge is 0.345 e. The molecule has 4 nitrogen and oxygen atoms in total. The number of anilines is 2. The van der Waals surface area contributed by atoms with Crippen LogP contribution in [0.1, 0.15) is 59.0 Å². The minimum Gasteiger partial charge on any atom is -0.477 e. The summed E-state index contributed by atoms with van der Waals surface area (Å²) in [7, 11) is 0. The zero-order chi connectivity index (χ0) is 19.3. The molecule has 1 fully saturated rings. The molecule has 0 aliphatic heterocycles. The Hall–Kier alpha value is -1.83. The number of hydrogen-bond acceptors (Lipinski definition) is 6. The number of nitrogens with one attached hydrogen (secondary N) is 1. The van der Waals surface area contributed by atoms with Crippen molar-refractivity contribution in [3.8, 4) is 0 Å². The fourth-order valence-electron chi connectivity index (χ4n) is 3.49. The number of thioether (sulfide) groups is 1. The number of benzene rings is 1. The van der Waals surface area contributed by atoms with Crippen LogP contribution in [0.15, 0.2) is 46.0 Å². The van der Waals surface area contributed by atoms with Crippen LogP contribution in [0.2, 0.25) is 0 Å². The minimum absolute atomic E-state index is 0.375. The Kier molecular flexibility index (Phi) is 6.34. The summed E-state index contributed by atoms with van der Waals surface area (Å²) < 4.78 is 0. The first kappa shape index (κ1) is 19.5. The molecule has 28 heavy (non-hydrogen) atoms. The molecule has 4 rings (SSSR count). The van der Waals surface area contributed by atoms with Gasteiger partial charge in [0, 0.05) is 27.1 Å². The van der Waals surface area contributed by atoms with E-state index in [1.54, 1.807) is 29.2 Å². The summed E-state index contributed by atoms with van der Waals surface area (Å²) in [5, 5.41) is 17.2. The number of carbonyl (C=O) groups is 1. The van der Waals surface area contributed by atoms with Gasteiger partial charge < -0.3 is 10.4 Å². The van der Waals surface area contributed by atoms with Gasteiger partial charge in [0.15, 0.2) is 5.13 Å². The van der Waals surface area contributed by atoms with Crippen LogP contribution in [-0.4, -0.2) is 16.1 Å². The highest BCUT2D eigenvalue weighted by Crippen LogP contribution is 2.34. The molecule has 1 aromatic carbocycles. The lowest BCUT2D eigenvalue weighted by Gasteiger charge is -2.22. The molecule has 2 N–H and O–H groups in total. The topological polar surface area (TPSA) is 62.2 Å². The zero-order valence-corrected chi connectivity index (χ0v) is 17.8. The van der Waals surface area contributed by atoms with Gasteiger partial charge in [0.2, 0.25) is 0 Å². The van der Waals surface area contributed by atoms with E-state index >= 15 is 0 Å². The highest BCUT2D eigenvalue weighted by molar-refractivity contribution is 7.98. The molecule has 2 aromatic heterocycles. The van der Waals surface area contributed by atoms with Crippen molar-refractivity contribution in [1.82, 2.24) is 4.98 Å². The molecular formula is C21H22N2O2S3. The average Bonchev–Trinajstić information content (AvgIpc) is 3.37. The lowest BCUT2D eigenvalue weighted by Crippen LogP contribution is -2.04. The van der Waals surface area contributed by atoms with E-state index in [1.807, 2.05) is 5.38 Å². The maximum Gasteiger partial charge on any atom is 0.345 e. The summed E-state index contributed by atoms with van der Waals surface area (Å²) in [4.78, 5) is 17.0. The summed E-state index contributed by atoms with van der Waals surface area (Å²) in [5.41, 5.74) is 3.52. The predicted octanol–water partition coefficient (Wildman–Crippen LogP) is 6.99. The lowest BCUT2D eigenvalue weighted by molar-refractivity contribution is 0.0702. The number of rotatable bonds is 7. The first-order valence-corrected chi connectivity index (χ1v) is 12.2. The fourth-order valence-corrected chi connectivity index (χ4v) is 6.09. The standard InChI is InChI=1S/C21H22N2O2S3/c24-20(25)19-10-18(13-27-19)26-11-17-12-28-21(23-17)22-16-8-6-15(7-9-16)14-4-2-1-3-5-14/h6-10,12-14H,1-5,11H2,(H,22,23)(H,24,25). The number of carboxylic acids is 1. The average molecular weight is 431 g/mol. The van der Waals surface area contributed by atoms with Crippen molar-refractivity contribution in [2.45, 2.75) is 48.7 Å². The van der Waals surface area contributed by atoms with Gasteiger partial charge in [-0.15, -0.1) is 34.4 Å². The summed E-state index contributed by atoms with van der Waals surface area (Å²) in [6.07, 6.45) is 6.73. The second kappa shape index (κ2) is 9.11. The number of hydrogen-bond donors (Lipinski definition) is 2. The normalized spacial score (nSPS) is 14.9. The quantitative estimate of drug-likeness (QED) is 0.396. The Balaban J connectivity index is 1.32. The molecule has 1 aliphatic carbocycles. The zero-order valence-electron chi connectivity index (χ0n) is 15.4. The van der Waals surface area contributed by atoms with Crippen LogP contribution >= 0.6 is 34.4 Å². The number of aromatic nitrogens is 1. The van der Waals surface area contributed by atoms with E-state index in [2.05, 4.69) is 39.9 Å². The van der Waals surface area contributed by atoms with Gasteiger partial charge in [-0.05, 0) is 42.5 Å². The third-order valence-electron chi connectivity index (χ3n) is 4.96. The van der Waals surface area contributed by atoms with Crippen molar-refractivity contribution >= 4 is 51.2 Å². The molecule has 146 valence electrons. The van der Waals surface area contributed by atoms with Gasteiger partial charge in [0.1, 0.15) is 4.88 Å². The van der Waals surface area contributed by atoms with Gasteiger partial charge in [0.25, 0.3) is 0 Å². The molecule has 0 unspecified atom stereocenters. The highest BCUT2D eigenvalue weighted by Gasteiger charge is 2.15. The van der Waals surface area contributed by atoms with E-state index in [1.165, 1.54) is 49.0 Å². The molecular weight excluding hydrogens is 408 g/mol. The van der Waals surface area contributed by atoms with Crippen LogP contribution in [0.3, 0.4) is 0 Å². The van der Waals surface area contributed by atoms with Crippen LogP contribution in [0, 0.1) is 0 Å². The largest absolute Gasteiger partial charge is 0.477 e.